The Labute approximate surface area is 286 Å². The molecule has 1 aliphatic rings. The van der Waals surface area contributed by atoms with E-state index in [4.69, 9.17) is 16.7 Å². The van der Waals surface area contributed by atoms with Gasteiger partial charge in [0, 0.05) is 35.9 Å². The van der Waals surface area contributed by atoms with Crippen LogP contribution in [0.3, 0.4) is 0 Å². The van der Waals surface area contributed by atoms with Gasteiger partial charge in [-0.2, -0.15) is 17.9 Å². The number of nitrogens with zero attached hydrogens (tertiary/aromatic N) is 6. The topological polar surface area (TPSA) is 192 Å². The standard InChI is InChI=1S/C31H27ClF3N9O6/c32-20-5-10-25(44-17-36-40-41-44)23(14-20)38-28(47)29(48)39-24(27(46)37-21-6-3-19(4-7-21)30(49)50)13-18-1-8-22(9-2-18)43-12-11-42(15-26(43)45)16-31(33,34)35/h1-10,14,17,24H,11-13,15-16H2,(H,37,46)(H,38,47)(H,39,48)(H,49,50). The second-order valence-corrected chi connectivity index (χ2v) is 11.4. The number of benzene rings is 3. The van der Waals surface area contributed by atoms with Gasteiger partial charge in [0.25, 0.3) is 0 Å². The van der Waals surface area contributed by atoms with Gasteiger partial charge < -0.3 is 26.0 Å². The minimum absolute atomic E-state index is 0.0171. The Morgan fingerprint density at radius 3 is 2.28 bits per heavy atom. The molecule has 1 aliphatic heterocycles. The summed E-state index contributed by atoms with van der Waals surface area (Å²) in [6.45, 7) is -1.55. The van der Waals surface area contributed by atoms with E-state index in [-0.39, 0.29) is 41.5 Å². The van der Waals surface area contributed by atoms with Crippen molar-refractivity contribution < 1.29 is 42.3 Å². The van der Waals surface area contributed by atoms with Crippen molar-refractivity contribution in [3.63, 3.8) is 0 Å². The smallest absolute Gasteiger partial charge is 0.401 e. The number of hydrogen-bond donors (Lipinski definition) is 4. The lowest BCUT2D eigenvalue weighted by molar-refractivity contribution is -0.150. The summed E-state index contributed by atoms with van der Waals surface area (Å²) < 4.78 is 39.6. The summed E-state index contributed by atoms with van der Waals surface area (Å²) in [7, 11) is 0. The number of tetrazole rings is 1. The average molecular weight is 714 g/mol. The zero-order chi connectivity index (χ0) is 36.0. The Morgan fingerprint density at radius 1 is 0.940 bits per heavy atom. The molecule has 2 heterocycles. The minimum atomic E-state index is -4.43. The van der Waals surface area contributed by atoms with Gasteiger partial charge in [0.2, 0.25) is 11.8 Å². The Hall–Kier alpha value is -5.88. The van der Waals surface area contributed by atoms with E-state index in [9.17, 15) is 37.1 Å². The van der Waals surface area contributed by atoms with Gasteiger partial charge in [0.05, 0.1) is 30.0 Å². The van der Waals surface area contributed by atoms with Crippen molar-refractivity contribution in [1.29, 1.82) is 0 Å². The first-order valence-electron chi connectivity index (χ1n) is 14.7. The Bertz CT molecular complexity index is 1890. The van der Waals surface area contributed by atoms with Crippen LogP contribution in [0.1, 0.15) is 15.9 Å². The number of piperazine rings is 1. The maximum absolute atomic E-state index is 13.4. The van der Waals surface area contributed by atoms with E-state index < -0.39 is 54.9 Å². The Morgan fingerprint density at radius 2 is 1.66 bits per heavy atom. The number of hydrogen-bond acceptors (Lipinski definition) is 9. The van der Waals surface area contributed by atoms with E-state index in [1.54, 1.807) is 24.3 Å². The van der Waals surface area contributed by atoms with E-state index in [1.807, 2.05) is 0 Å². The highest BCUT2D eigenvalue weighted by Gasteiger charge is 2.35. The summed E-state index contributed by atoms with van der Waals surface area (Å²) in [4.78, 5) is 65.9. The molecule has 0 radical (unpaired) electrons. The molecule has 1 saturated heterocycles. The molecule has 3 aromatic carbocycles. The van der Waals surface area contributed by atoms with E-state index >= 15 is 0 Å². The minimum Gasteiger partial charge on any atom is -0.478 e. The molecule has 4 N–H and O–H groups in total. The number of halogens is 4. The molecule has 4 amide bonds. The predicted molar refractivity (Wildman–Crippen MR) is 172 cm³/mol. The Kier molecular flexibility index (Phi) is 10.7. The zero-order valence-corrected chi connectivity index (χ0v) is 26.5. The van der Waals surface area contributed by atoms with Crippen LogP contribution in [0.4, 0.5) is 30.2 Å². The van der Waals surface area contributed by atoms with Crippen molar-refractivity contribution in [3.05, 3.63) is 89.2 Å². The highest BCUT2D eigenvalue weighted by molar-refractivity contribution is 6.40. The highest BCUT2D eigenvalue weighted by atomic mass is 35.5. The van der Waals surface area contributed by atoms with Crippen LogP contribution in [-0.2, 0) is 25.6 Å². The van der Waals surface area contributed by atoms with Gasteiger partial charge in [0.15, 0.2) is 0 Å². The predicted octanol–water partition coefficient (Wildman–Crippen LogP) is 2.53. The molecule has 0 aliphatic carbocycles. The number of amides is 4. The van der Waals surface area contributed by atoms with Crippen LogP contribution in [0.2, 0.25) is 5.02 Å². The van der Waals surface area contributed by atoms with Gasteiger partial charge in [-0.3, -0.25) is 24.1 Å². The van der Waals surface area contributed by atoms with Crippen LogP contribution in [0.25, 0.3) is 5.69 Å². The van der Waals surface area contributed by atoms with Crippen molar-refractivity contribution >= 4 is 58.3 Å². The number of alkyl halides is 3. The Balaban J connectivity index is 1.31. The lowest BCUT2D eigenvalue weighted by Crippen LogP contribution is -2.52. The van der Waals surface area contributed by atoms with Crippen LogP contribution in [0.5, 0.6) is 0 Å². The van der Waals surface area contributed by atoms with Crippen LogP contribution in [-0.4, -0.2) is 98.2 Å². The molecule has 0 spiro atoms. The zero-order valence-electron chi connectivity index (χ0n) is 25.7. The molecule has 19 heteroatoms. The SMILES string of the molecule is O=C(Nc1cc(Cl)ccc1-n1cnnn1)C(=O)NC(Cc1ccc(N2CCN(CC(F)(F)F)CC2=O)cc1)C(=O)Nc1ccc(C(=O)O)cc1. The monoisotopic (exact) mass is 713 g/mol. The molecular weight excluding hydrogens is 687 g/mol. The number of aromatic nitrogens is 4. The van der Waals surface area contributed by atoms with E-state index in [2.05, 4.69) is 31.5 Å². The summed E-state index contributed by atoms with van der Waals surface area (Å²) in [5, 5.41) is 27.7. The fraction of sp³-hybridized carbons (Fsp3) is 0.226. The third-order valence-electron chi connectivity index (χ3n) is 7.42. The lowest BCUT2D eigenvalue weighted by atomic mass is 10.0. The third-order valence-corrected chi connectivity index (χ3v) is 7.66. The molecule has 4 aromatic rings. The molecule has 1 fully saturated rings. The summed E-state index contributed by atoms with van der Waals surface area (Å²) in [6.07, 6.45) is -3.31. The summed E-state index contributed by atoms with van der Waals surface area (Å²) in [5.41, 5.74) is 1.50. The van der Waals surface area contributed by atoms with Crippen molar-refractivity contribution in [2.75, 3.05) is 41.7 Å². The van der Waals surface area contributed by atoms with Crippen LogP contribution >= 0.6 is 11.6 Å². The molecule has 0 bridgehead atoms. The van der Waals surface area contributed by atoms with Gasteiger partial charge in [-0.05, 0) is 70.6 Å². The van der Waals surface area contributed by atoms with E-state index in [1.165, 1.54) is 58.4 Å². The second-order valence-electron chi connectivity index (χ2n) is 11.0. The maximum Gasteiger partial charge on any atom is 0.401 e. The molecular formula is C31H27ClF3N9O6. The number of rotatable bonds is 10. The molecule has 15 nitrogen and oxygen atoms in total. The molecule has 1 aromatic heterocycles. The number of aromatic carboxylic acids is 1. The van der Waals surface area contributed by atoms with Crippen LogP contribution in [0, 0.1) is 0 Å². The summed E-state index contributed by atoms with van der Waals surface area (Å²) >= 11 is 6.10. The first-order valence-corrected chi connectivity index (χ1v) is 15.1. The normalized spacial score (nSPS) is 14.2. The molecule has 0 saturated carbocycles. The van der Waals surface area contributed by atoms with Gasteiger partial charge in [-0.15, -0.1) is 5.10 Å². The van der Waals surface area contributed by atoms with Crippen molar-refractivity contribution in [2.24, 2.45) is 0 Å². The number of carboxylic acid groups (broad SMARTS) is 1. The molecule has 5 rings (SSSR count). The van der Waals surface area contributed by atoms with Gasteiger partial charge in [0.1, 0.15) is 12.4 Å². The first kappa shape index (κ1) is 35.4. The van der Waals surface area contributed by atoms with Gasteiger partial charge in [-0.1, -0.05) is 23.7 Å². The number of carboxylic acids is 1. The number of carbonyl (C=O) groups is 5. The lowest BCUT2D eigenvalue weighted by Gasteiger charge is -2.34. The van der Waals surface area contributed by atoms with Crippen molar-refractivity contribution in [1.82, 2.24) is 30.4 Å². The van der Waals surface area contributed by atoms with Crippen LogP contribution < -0.4 is 20.9 Å². The molecule has 260 valence electrons. The van der Waals surface area contributed by atoms with E-state index in [0.29, 0.717) is 16.9 Å². The largest absolute Gasteiger partial charge is 0.478 e. The van der Waals surface area contributed by atoms with Gasteiger partial charge >= 0.3 is 24.0 Å². The summed E-state index contributed by atoms with van der Waals surface area (Å²) in [6, 6.07) is 14.6. The first-order chi connectivity index (χ1) is 23.8. The summed E-state index contributed by atoms with van der Waals surface area (Å²) in [5.74, 6) is -4.76. The number of anilines is 3. The second kappa shape index (κ2) is 15.1. The fourth-order valence-electron chi connectivity index (χ4n) is 5.05. The fourth-order valence-corrected chi connectivity index (χ4v) is 5.22. The van der Waals surface area contributed by atoms with Crippen molar-refractivity contribution in [2.45, 2.75) is 18.6 Å². The third kappa shape index (κ3) is 9.17. The number of carbonyl (C=O) groups excluding carboxylic acids is 4. The average Bonchev–Trinajstić information content (AvgIpc) is 3.59. The van der Waals surface area contributed by atoms with Crippen molar-refractivity contribution in [3.8, 4) is 5.69 Å². The molecule has 1 unspecified atom stereocenters. The van der Waals surface area contributed by atoms with E-state index in [0.717, 1.165) is 4.90 Å². The quantitative estimate of drug-likeness (QED) is 0.178. The maximum atomic E-state index is 13.4. The van der Waals surface area contributed by atoms with Gasteiger partial charge in [-0.25, -0.2) is 4.79 Å². The number of nitrogens with one attached hydrogen (secondary N) is 3. The molecule has 1 atom stereocenters. The van der Waals surface area contributed by atoms with Crippen LogP contribution in [0.15, 0.2) is 73.1 Å². The molecule has 50 heavy (non-hydrogen) atoms. The highest BCUT2D eigenvalue weighted by Crippen LogP contribution is 2.25.